The predicted octanol–water partition coefficient (Wildman–Crippen LogP) is 3.68. The topological polar surface area (TPSA) is 45.4 Å². The monoisotopic (exact) mass is 299 g/mol. The van der Waals surface area contributed by atoms with Gasteiger partial charge in [-0.25, -0.2) is 0 Å². The highest BCUT2D eigenvalue weighted by molar-refractivity contribution is 5.26. The molecule has 2 unspecified atom stereocenters. The molecule has 3 nitrogen and oxygen atoms in total. The first-order valence-electron chi connectivity index (χ1n) is 6.50. The van der Waals surface area contributed by atoms with Crippen molar-refractivity contribution in [3.8, 4) is 0 Å². The van der Waals surface area contributed by atoms with Crippen molar-refractivity contribution < 1.29 is 22.7 Å². The number of hydrogen-bond acceptors (Lipinski definition) is 3. The van der Waals surface area contributed by atoms with Crippen LogP contribution < -0.4 is 5.32 Å². The second kappa shape index (κ2) is 6.32. The summed E-state index contributed by atoms with van der Waals surface area (Å²) in [7, 11) is 0. The van der Waals surface area contributed by atoms with Crippen molar-refractivity contribution in [1.82, 2.24) is 5.32 Å². The molecule has 0 aliphatic carbocycles. The van der Waals surface area contributed by atoms with E-state index >= 15 is 0 Å². The molecule has 0 spiro atoms. The zero-order valence-corrected chi connectivity index (χ0v) is 11.4. The van der Waals surface area contributed by atoms with Crippen LogP contribution in [0.15, 0.2) is 47.1 Å². The first-order valence-corrected chi connectivity index (χ1v) is 6.50. The van der Waals surface area contributed by atoms with Crippen molar-refractivity contribution in [2.75, 3.05) is 6.54 Å². The maximum absolute atomic E-state index is 12.5. The molecule has 1 aromatic carbocycles. The van der Waals surface area contributed by atoms with Crippen LogP contribution in [0.4, 0.5) is 13.2 Å². The molecular formula is C15H16F3NO2. The van der Waals surface area contributed by atoms with Crippen LogP contribution in [0.3, 0.4) is 0 Å². The smallest absolute Gasteiger partial charge is 0.416 e. The first-order chi connectivity index (χ1) is 9.88. The van der Waals surface area contributed by atoms with Crippen molar-refractivity contribution in [1.29, 1.82) is 0 Å². The first kappa shape index (κ1) is 15.6. The number of halogens is 3. The Kier molecular flexibility index (Phi) is 4.69. The molecule has 0 fully saturated rings. The van der Waals surface area contributed by atoms with Crippen molar-refractivity contribution in [2.24, 2.45) is 0 Å². The van der Waals surface area contributed by atoms with Crippen LogP contribution in [0.25, 0.3) is 0 Å². The van der Waals surface area contributed by atoms with Crippen LogP contribution in [-0.4, -0.2) is 11.7 Å². The van der Waals surface area contributed by atoms with Gasteiger partial charge < -0.3 is 14.8 Å². The SMILES string of the molecule is CC(NCC(O)c1ccco1)c1ccc(C(F)(F)F)cc1. The summed E-state index contributed by atoms with van der Waals surface area (Å²) in [6.07, 6.45) is -3.65. The Morgan fingerprint density at radius 1 is 1.19 bits per heavy atom. The second-order valence-electron chi connectivity index (χ2n) is 4.78. The van der Waals surface area contributed by atoms with Crippen LogP contribution in [0.2, 0.25) is 0 Å². The Balaban J connectivity index is 1.93. The quantitative estimate of drug-likeness (QED) is 0.885. The van der Waals surface area contributed by atoms with Crippen LogP contribution in [0.5, 0.6) is 0 Å². The molecule has 0 radical (unpaired) electrons. The molecule has 1 heterocycles. The lowest BCUT2D eigenvalue weighted by Crippen LogP contribution is -2.24. The summed E-state index contributed by atoms with van der Waals surface area (Å²) in [6.45, 7) is 2.06. The summed E-state index contributed by atoms with van der Waals surface area (Å²) < 4.78 is 42.5. The second-order valence-corrected chi connectivity index (χ2v) is 4.78. The highest BCUT2D eigenvalue weighted by atomic mass is 19.4. The third-order valence-corrected chi connectivity index (χ3v) is 3.23. The minimum Gasteiger partial charge on any atom is -0.467 e. The number of alkyl halides is 3. The van der Waals surface area contributed by atoms with Gasteiger partial charge in [0, 0.05) is 12.6 Å². The molecule has 21 heavy (non-hydrogen) atoms. The van der Waals surface area contributed by atoms with E-state index in [4.69, 9.17) is 4.42 Å². The van der Waals surface area contributed by atoms with Gasteiger partial charge in [-0.05, 0) is 36.8 Å². The Bertz CT molecular complexity index is 549. The number of hydrogen-bond donors (Lipinski definition) is 2. The number of rotatable bonds is 5. The van der Waals surface area contributed by atoms with E-state index in [9.17, 15) is 18.3 Å². The van der Waals surface area contributed by atoms with Gasteiger partial charge in [0.05, 0.1) is 11.8 Å². The van der Waals surface area contributed by atoms with E-state index in [1.807, 2.05) is 6.92 Å². The van der Waals surface area contributed by atoms with Gasteiger partial charge in [0.2, 0.25) is 0 Å². The van der Waals surface area contributed by atoms with Crippen LogP contribution >= 0.6 is 0 Å². The molecule has 0 saturated carbocycles. The fourth-order valence-corrected chi connectivity index (χ4v) is 1.95. The lowest BCUT2D eigenvalue weighted by Gasteiger charge is -2.17. The zero-order valence-electron chi connectivity index (χ0n) is 11.4. The average molecular weight is 299 g/mol. The normalized spacial score (nSPS) is 14.9. The third-order valence-electron chi connectivity index (χ3n) is 3.23. The van der Waals surface area contributed by atoms with Gasteiger partial charge in [0.15, 0.2) is 0 Å². The van der Waals surface area contributed by atoms with Crippen LogP contribution in [0.1, 0.15) is 36.0 Å². The molecule has 0 amide bonds. The Labute approximate surface area is 120 Å². The third kappa shape index (κ3) is 4.09. The summed E-state index contributed by atoms with van der Waals surface area (Å²) in [4.78, 5) is 0. The molecule has 0 saturated heterocycles. The van der Waals surface area contributed by atoms with E-state index in [1.165, 1.54) is 18.4 Å². The van der Waals surface area contributed by atoms with Gasteiger partial charge in [-0.1, -0.05) is 12.1 Å². The molecule has 6 heteroatoms. The molecule has 0 aliphatic heterocycles. The van der Waals surface area contributed by atoms with E-state index < -0.39 is 17.8 Å². The van der Waals surface area contributed by atoms with Gasteiger partial charge >= 0.3 is 6.18 Å². The lowest BCUT2D eigenvalue weighted by atomic mass is 10.1. The van der Waals surface area contributed by atoms with E-state index in [0.717, 1.165) is 17.7 Å². The minimum absolute atomic E-state index is 0.183. The van der Waals surface area contributed by atoms with Crippen LogP contribution in [0, 0.1) is 0 Å². The van der Waals surface area contributed by atoms with Gasteiger partial charge in [-0.3, -0.25) is 0 Å². The maximum atomic E-state index is 12.5. The number of furan rings is 1. The molecular weight excluding hydrogens is 283 g/mol. The molecule has 2 N–H and O–H groups in total. The van der Waals surface area contributed by atoms with E-state index in [2.05, 4.69) is 5.32 Å². The summed E-state index contributed by atoms with van der Waals surface area (Å²) in [5.41, 5.74) is 0.0451. The van der Waals surface area contributed by atoms with Gasteiger partial charge in [0.25, 0.3) is 0 Å². The van der Waals surface area contributed by atoms with Crippen molar-refractivity contribution in [2.45, 2.75) is 25.2 Å². The van der Waals surface area contributed by atoms with Crippen molar-refractivity contribution in [3.63, 3.8) is 0 Å². The molecule has 2 atom stereocenters. The fraction of sp³-hybridized carbons (Fsp3) is 0.333. The van der Waals surface area contributed by atoms with Gasteiger partial charge in [-0.2, -0.15) is 13.2 Å². The largest absolute Gasteiger partial charge is 0.467 e. The summed E-state index contributed by atoms with van der Waals surface area (Å²) in [5.74, 6) is 0.446. The predicted molar refractivity (Wildman–Crippen MR) is 71.5 cm³/mol. The van der Waals surface area contributed by atoms with Crippen molar-refractivity contribution in [3.05, 3.63) is 59.5 Å². The number of aliphatic hydroxyl groups excluding tert-OH is 1. The Hall–Kier alpha value is -1.79. The highest BCUT2D eigenvalue weighted by Gasteiger charge is 2.30. The number of nitrogens with one attached hydrogen (secondary N) is 1. The van der Waals surface area contributed by atoms with Crippen molar-refractivity contribution >= 4 is 0 Å². The van der Waals surface area contributed by atoms with Gasteiger partial charge in [-0.15, -0.1) is 0 Å². The zero-order chi connectivity index (χ0) is 15.5. The van der Waals surface area contributed by atoms with Gasteiger partial charge in [0.1, 0.15) is 11.9 Å². The van der Waals surface area contributed by atoms with E-state index in [1.54, 1.807) is 12.1 Å². The summed E-state index contributed by atoms with van der Waals surface area (Å²) in [5, 5.41) is 12.9. The van der Waals surface area contributed by atoms with E-state index in [0.29, 0.717) is 5.76 Å². The number of benzene rings is 1. The lowest BCUT2D eigenvalue weighted by molar-refractivity contribution is -0.137. The molecule has 0 bridgehead atoms. The molecule has 2 rings (SSSR count). The Morgan fingerprint density at radius 2 is 1.86 bits per heavy atom. The number of aliphatic hydroxyl groups is 1. The molecule has 1 aromatic heterocycles. The Morgan fingerprint density at radius 3 is 2.38 bits per heavy atom. The standard InChI is InChI=1S/C15H16F3NO2/c1-10(19-9-13(20)14-3-2-8-21-14)11-4-6-12(7-5-11)15(16,17)18/h2-8,10,13,19-20H,9H2,1H3. The fourth-order valence-electron chi connectivity index (χ4n) is 1.95. The summed E-state index contributed by atoms with van der Waals surface area (Å²) >= 11 is 0. The minimum atomic E-state index is -4.33. The highest BCUT2D eigenvalue weighted by Crippen LogP contribution is 2.29. The average Bonchev–Trinajstić information content (AvgIpc) is 2.98. The van der Waals surface area contributed by atoms with E-state index in [-0.39, 0.29) is 12.6 Å². The van der Waals surface area contributed by atoms with Crippen LogP contribution in [-0.2, 0) is 6.18 Å². The molecule has 0 aliphatic rings. The maximum Gasteiger partial charge on any atom is 0.416 e. The molecule has 114 valence electrons. The summed E-state index contributed by atoms with van der Waals surface area (Å²) in [6, 6.07) is 8.12. The molecule has 2 aromatic rings.